The van der Waals surface area contributed by atoms with Crippen LogP contribution >= 0.6 is 0 Å². The van der Waals surface area contributed by atoms with Crippen molar-refractivity contribution in [2.75, 3.05) is 5.32 Å². The summed E-state index contributed by atoms with van der Waals surface area (Å²) in [5.74, 6) is -1.90. The maximum atomic E-state index is 13.5. The Hall–Kier alpha value is -3.66. The summed E-state index contributed by atoms with van der Waals surface area (Å²) < 4.78 is 36.9. The lowest BCUT2D eigenvalue weighted by molar-refractivity contribution is 0.0992. The van der Waals surface area contributed by atoms with E-state index < -0.39 is 17.5 Å². The number of furan rings is 1. The molecular weight excluding hydrogens is 342 g/mol. The molecule has 130 valence electrons. The Kier molecular flexibility index (Phi) is 4.94. The molecule has 0 radical (unpaired) electrons. The van der Waals surface area contributed by atoms with Gasteiger partial charge in [-0.2, -0.15) is 5.26 Å². The van der Waals surface area contributed by atoms with E-state index in [1.54, 1.807) is 24.3 Å². The maximum Gasteiger partial charge on any atom is 0.291 e. The topological polar surface area (TPSA) is 75.3 Å². The lowest BCUT2D eigenvalue weighted by atomic mass is 10.2. The van der Waals surface area contributed by atoms with Gasteiger partial charge in [0, 0.05) is 6.07 Å². The summed E-state index contributed by atoms with van der Waals surface area (Å²) in [6, 6.07) is 14.4. The van der Waals surface area contributed by atoms with E-state index in [-0.39, 0.29) is 23.9 Å². The van der Waals surface area contributed by atoms with Gasteiger partial charge in [0.1, 0.15) is 24.3 Å². The molecule has 0 aliphatic rings. The highest BCUT2D eigenvalue weighted by Crippen LogP contribution is 2.20. The first-order valence-corrected chi connectivity index (χ1v) is 7.54. The summed E-state index contributed by atoms with van der Waals surface area (Å²) >= 11 is 0. The van der Waals surface area contributed by atoms with E-state index in [2.05, 4.69) is 5.32 Å². The van der Waals surface area contributed by atoms with E-state index in [1.165, 1.54) is 18.2 Å². The third-order valence-corrected chi connectivity index (χ3v) is 3.45. The Labute approximate surface area is 147 Å². The van der Waals surface area contributed by atoms with E-state index in [1.807, 2.05) is 6.07 Å². The average molecular weight is 354 g/mol. The molecule has 0 atom stereocenters. The minimum absolute atomic E-state index is 0.0101. The van der Waals surface area contributed by atoms with Gasteiger partial charge in [-0.3, -0.25) is 4.79 Å². The molecule has 0 fully saturated rings. The largest absolute Gasteiger partial charge is 0.483 e. The molecule has 7 heteroatoms. The number of nitrogens with one attached hydrogen (secondary N) is 1. The number of nitrogens with zero attached hydrogens (tertiary/aromatic N) is 1. The predicted molar refractivity (Wildman–Crippen MR) is 88.5 cm³/mol. The van der Waals surface area contributed by atoms with Gasteiger partial charge in [-0.15, -0.1) is 0 Å². The monoisotopic (exact) mass is 354 g/mol. The van der Waals surface area contributed by atoms with Gasteiger partial charge in [-0.1, -0.05) is 12.1 Å². The molecule has 5 nitrogen and oxygen atoms in total. The molecule has 3 aromatic rings. The van der Waals surface area contributed by atoms with E-state index >= 15 is 0 Å². The van der Waals surface area contributed by atoms with E-state index in [0.717, 1.165) is 6.07 Å². The molecule has 0 saturated heterocycles. The molecular formula is C19H12F2N2O3. The fourth-order valence-corrected chi connectivity index (χ4v) is 2.19. The summed E-state index contributed by atoms with van der Waals surface area (Å²) in [4.78, 5) is 12.2. The van der Waals surface area contributed by atoms with Crippen LogP contribution in [0.5, 0.6) is 5.75 Å². The third kappa shape index (κ3) is 3.87. The first-order chi connectivity index (χ1) is 12.6. The Bertz CT molecular complexity index is 992. The van der Waals surface area contributed by atoms with Gasteiger partial charge in [0.05, 0.1) is 11.3 Å². The smallest absolute Gasteiger partial charge is 0.291 e. The molecule has 26 heavy (non-hydrogen) atoms. The standard InChI is InChI=1S/C19H12F2N2O3/c20-13-5-7-17(15(21)9-13)25-11-14-6-8-18(26-14)19(24)23-16-4-2-1-3-12(16)10-22/h1-9H,11H2,(H,23,24). The molecule has 1 heterocycles. The fraction of sp³-hybridized carbons (Fsp3) is 0.0526. The molecule has 0 saturated carbocycles. The summed E-state index contributed by atoms with van der Waals surface area (Å²) in [6.45, 7) is -0.134. The Morgan fingerprint density at radius 3 is 2.73 bits per heavy atom. The van der Waals surface area contributed by atoms with Crippen LogP contribution in [-0.2, 0) is 6.61 Å². The summed E-state index contributed by atoms with van der Waals surface area (Å²) in [6.07, 6.45) is 0. The summed E-state index contributed by atoms with van der Waals surface area (Å²) in [5, 5.41) is 11.6. The van der Waals surface area contributed by atoms with Gasteiger partial charge in [0.2, 0.25) is 0 Å². The Morgan fingerprint density at radius 2 is 1.96 bits per heavy atom. The van der Waals surface area contributed by atoms with Crippen molar-refractivity contribution in [1.82, 2.24) is 0 Å². The first-order valence-electron chi connectivity index (χ1n) is 7.54. The van der Waals surface area contributed by atoms with E-state index in [4.69, 9.17) is 14.4 Å². The average Bonchev–Trinajstić information content (AvgIpc) is 3.10. The number of anilines is 1. The van der Waals surface area contributed by atoms with Crippen LogP contribution in [0.4, 0.5) is 14.5 Å². The van der Waals surface area contributed by atoms with Crippen molar-refractivity contribution in [1.29, 1.82) is 5.26 Å². The highest BCUT2D eigenvalue weighted by Gasteiger charge is 2.14. The molecule has 0 aliphatic heterocycles. The van der Waals surface area contributed by atoms with Crippen molar-refractivity contribution >= 4 is 11.6 Å². The van der Waals surface area contributed by atoms with Crippen molar-refractivity contribution in [3.05, 3.63) is 83.3 Å². The van der Waals surface area contributed by atoms with Crippen LogP contribution in [-0.4, -0.2) is 5.91 Å². The number of nitriles is 1. The van der Waals surface area contributed by atoms with Gasteiger partial charge < -0.3 is 14.5 Å². The fourth-order valence-electron chi connectivity index (χ4n) is 2.19. The molecule has 3 rings (SSSR count). The van der Waals surface area contributed by atoms with Crippen molar-refractivity contribution in [2.45, 2.75) is 6.61 Å². The van der Waals surface area contributed by atoms with Crippen LogP contribution in [0.25, 0.3) is 0 Å². The normalized spacial score (nSPS) is 10.2. The predicted octanol–water partition coefficient (Wildman–Crippen LogP) is 4.26. The lowest BCUT2D eigenvalue weighted by Crippen LogP contribution is -2.11. The van der Waals surface area contributed by atoms with Gasteiger partial charge in [0.15, 0.2) is 17.3 Å². The van der Waals surface area contributed by atoms with Crippen LogP contribution in [0.2, 0.25) is 0 Å². The Morgan fingerprint density at radius 1 is 1.15 bits per heavy atom. The van der Waals surface area contributed by atoms with Crippen LogP contribution in [0.3, 0.4) is 0 Å². The minimum atomic E-state index is -0.831. The number of benzene rings is 2. The SMILES string of the molecule is N#Cc1ccccc1NC(=O)c1ccc(COc2ccc(F)cc2F)o1. The number of carbonyl (C=O) groups is 1. The number of ether oxygens (including phenoxy) is 1. The molecule has 1 N–H and O–H groups in total. The number of amides is 1. The highest BCUT2D eigenvalue weighted by atomic mass is 19.1. The van der Waals surface area contributed by atoms with Gasteiger partial charge in [0.25, 0.3) is 5.91 Å². The van der Waals surface area contributed by atoms with Crippen LogP contribution in [0.15, 0.2) is 59.0 Å². The summed E-state index contributed by atoms with van der Waals surface area (Å²) in [7, 11) is 0. The quantitative estimate of drug-likeness (QED) is 0.743. The van der Waals surface area contributed by atoms with E-state index in [0.29, 0.717) is 17.3 Å². The van der Waals surface area contributed by atoms with E-state index in [9.17, 15) is 13.6 Å². The highest BCUT2D eigenvalue weighted by molar-refractivity contribution is 6.03. The zero-order valence-electron chi connectivity index (χ0n) is 13.3. The Balaban J connectivity index is 1.65. The minimum Gasteiger partial charge on any atom is -0.483 e. The summed E-state index contributed by atoms with van der Waals surface area (Å²) in [5.41, 5.74) is 0.685. The molecule has 0 bridgehead atoms. The first kappa shape index (κ1) is 17.2. The molecule has 0 unspecified atom stereocenters. The van der Waals surface area contributed by atoms with Crippen molar-refractivity contribution in [3.63, 3.8) is 0 Å². The number of carbonyl (C=O) groups excluding carboxylic acids is 1. The second kappa shape index (κ2) is 7.49. The number of halogens is 2. The third-order valence-electron chi connectivity index (χ3n) is 3.45. The van der Waals surface area contributed by atoms with Gasteiger partial charge in [-0.05, 0) is 36.4 Å². The lowest BCUT2D eigenvalue weighted by Gasteiger charge is -2.06. The van der Waals surface area contributed by atoms with Crippen LogP contribution in [0.1, 0.15) is 21.9 Å². The van der Waals surface area contributed by atoms with Gasteiger partial charge >= 0.3 is 0 Å². The molecule has 0 spiro atoms. The number of para-hydroxylation sites is 1. The van der Waals surface area contributed by atoms with Crippen LogP contribution < -0.4 is 10.1 Å². The molecule has 1 aromatic heterocycles. The van der Waals surface area contributed by atoms with Gasteiger partial charge in [-0.25, -0.2) is 8.78 Å². The number of rotatable bonds is 5. The molecule has 2 aromatic carbocycles. The number of hydrogen-bond acceptors (Lipinski definition) is 4. The number of hydrogen-bond donors (Lipinski definition) is 1. The zero-order valence-corrected chi connectivity index (χ0v) is 13.3. The second-order valence-corrected chi connectivity index (χ2v) is 5.24. The van der Waals surface area contributed by atoms with Crippen molar-refractivity contribution in [3.8, 4) is 11.8 Å². The van der Waals surface area contributed by atoms with Crippen LogP contribution in [0, 0.1) is 23.0 Å². The molecule has 1 amide bonds. The maximum absolute atomic E-state index is 13.5. The second-order valence-electron chi connectivity index (χ2n) is 5.24. The zero-order chi connectivity index (χ0) is 18.5. The van der Waals surface area contributed by atoms with Crippen molar-refractivity contribution < 1.29 is 22.7 Å². The van der Waals surface area contributed by atoms with Crippen molar-refractivity contribution in [2.24, 2.45) is 0 Å². The molecule has 0 aliphatic carbocycles.